The Kier molecular flexibility index (Phi) is 5.01. The molecule has 4 nitrogen and oxygen atoms in total. The van der Waals surface area contributed by atoms with Crippen LogP contribution in [0.5, 0.6) is 0 Å². The van der Waals surface area contributed by atoms with E-state index < -0.39 is 0 Å². The number of thiol groups is 1. The highest BCUT2D eigenvalue weighted by Crippen LogP contribution is 2.20. The fraction of sp³-hybridized carbons (Fsp3) is 0.333. The molecule has 0 saturated heterocycles. The zero-order valence-electron chi connectivity index (χ0n) is 9.56. The molecule has 0 unspecified atom stereocenters. The van der Waals surface area contributed by atoms with Crippen molar-refractivity contribution in [2.45, 2.75) is 24.8 Å². The number of nitrogens with zero attached hydrogens (tertiary/aromatic N) is 1. The number of carbonyl (C=O) groups excluding carboxylic acids is 1. The summed E-state index contributed by atoms with van der Waals surface area (Å²) in [5.74, 6) is -0.306. The molecular weight excluding hydrogens is 236 g/mol. The molecule has 0 bridgehead atoms. The number of hydrogen-bond donors (Lipinski definition) is 2. The molecule has 2 N–H and O–H groups in total. The molecule has 0 aliphatic heterocycles. The van der Waals surface area contributed by atoms with Crippen LogP contribution in [0.4, 0.5) is 0 Å². The largest absolute Gasteiger partial charge is 0.466 e. The number of ether oxygens (including phenoxy) is 1. The monoisotopic (exact) mass is 250 g/mol. The molecule has 0 atom stereocenters. The van der Waals surface area contributed by atoms with Crippen LogP contribution in [-0.4, -0.2) is 12.6 Å². The summed E-state index contributed by atoms with van der Waals surface area (Å²) >= 11 is 4.19. The van der Waals surface area contributed by atoms with E-state index in [1.807, 2.05) is 6.07 Å². The van der Waals surface area contributed by atoms with Gasteiger partial charge in [-0.1, -0.05) is 0 Å². The highest BCUT2D eigenvalue weighted by Gasteiger charge is 2.11. The summed E-state index contributed by atoms with van der Waals surface area (Å²) in [6.07, 6.45) is 0.152. The highest BCUT2D eigenvalue weighted by molar-refractivity contribution is 7.80. The van der Waals surface area contributed by atoms with Crippen molar-refractivity contribution in [3.05, 3.63) is 28.8 Å². The van der Waals surface area contributed by atoms with Crippen LogP contribution >= 0.6 is 12.6 Å². The average molecular weight is 250 g/mol. The first-order valence-corrected chi connectivity index (χ1v) is 5.67. The fourth-order valence-corrected chi connectivity index (χ4v) is 1.76. The van der Waals surface area contributed by atoms with Gasteiger partial charge < -0.3 is 10.5 Å². The Balaban J connectivity index is 3.03. The number of nitrogens with two attached hydrogens (primary N) is 1. The number of esters is 1. The Morgan fingerprint density at radius 3 is 2.76 bits per heavy atom. The number of hydrogen-bond acceptors (Lipinski definition) is 5. The molecule has 0 radical (unpaired) electrons. The van der Waals surface area contributed by atoms with Crippen molar-refractivity contribution in [3.8, 4) is 6.07 Å². The molecule has 0 fully saturated rings. The van der Waals surface area contributed by atoms with Gasteiger partial charge in [0.2, 0.25) is 0 Å². The minimum atomic E-state index is -0.306. The second-order valence-corrected chi connectivity index (χ2v) is 3.92. The van der Waals surface area contributed by atoms with Gasteiger partial charge in [0.05, 0.1) is 18.6 Å². The summed E-state index contributed by atoms with van der Waals surface area (Å²) < 4.78 is 4.87. The van der Waals surface area contributed by atoms with E-state index in [0.29, 0.717) is 17.1 Å². The first kappa shape index (κ1) is 13.6. The molecule has 90 valence electrons. The summed E-state index contributed by atoms with van der Waals surface area (Å²) in [7, 11) is 0. The molecule has 1 aromatic carbocycles. The van der Waals surface area contributed by atoms with Crippen LogP contribution in [0.1, 0.15) is 23.6 Å². The second-order valence-electron chi connectivity index (χ2n) is 3.44. The maximum absolute atomic E-state index is 11.4. The van der Waals surface area contributed by atoms with Crippen LogP contribution in [0.3, 0.4) is 0 Å². The first-order valence-electron chi connectivity index (χ1n) is 5.22. The van der Waals surface area contributed by atoms with Crippen LogP contribution in [0.2, 0.25) is 0 Å². The van der Waals surface area contributed by atoms with Gasteiger partial charge in [0.25, 0.3) is 0 Å². The topological polar surface area (TPSA) is 76.1 Å². The predicted molar refractivity (Wildman–Crippen MR) is 66.6 cm³/mol. The maximum Gasteiger partial charge on any atom is 0.310 e. The van der Waals surface area contributed by atoms with Crippen molar-refractivity contribution in [2.24, 2.45) is 5.73 Å². The molecule has 17 heavy (non-hydrogen) atoms. The normalized spacial score (nSPS) is 9.76. The van der Waals surface area contributed by atoms with Crippen LogP contribution in [0, 0.1) is 11.3 Å². The van der Waals surface area contributed by atoms with Crippen molar-refractivity contribution in [1.82, 2.24) is 0 Å². The lowest BCUT2D eigenvalue weighted by atomic mass is 10.0. The van der Waals surface area contributed by atoms with E-state index >= 15 is 0 Å². The Morgan fingerprint density at radius 1 is 1.53 bits per heavy atom. The summed E-state index contributed by atoms with van der Waals surface area (Å²) in [6.45, 7) is 2.38. The Hall–Kier alpha value is -1.51. The van der Waals surface area contributed by atoms with Gasteiger partial charge in [0.15, 0.2) is 0 Å². The first-order chi connectivity index (χ1) is 8.12. The molecule has 0 aliphatic rings. The van der Waals surface area contributed by atoms with Gasteiger partial charge in [0, 0.05) is 11.4 Å². The number of benzene rings is 1. The number of carbonyl (C=O) groups is 1. The Bertz CT molecular complexity index is 466. The SMILES string of the molecule is CCOC(=O)Cc1cc(S)c(C#N)cc1CN. The Morgan fingerprint density at radius 2 is 2.24 bits per heavy atom. The third-order valence-corrected chi connectivity index (χ3v) is 2.67. The van der Waals surface area contributed by atoms with E-state index in [9.17, 15) is 4.79 Å². The smallest absolute Gasteiger partial charge is 0.310 e. The van der Waals surface area contributed by atoms with Crippen LogP contribution in [0.25, 0.3) is 0 Å². The molecule has 1 aromatic rings. The molecule has 1 rings (SSSR count). The molecule has 0 amide bonds. The summed E-state index contributed by atoms with van der Waals surface area (Å²) in [6, 6.07) is 5.39. The minimum Gasteiger partial charge on any atom is -0.466 e. The molecular formula is C12H14N2O2S. The van der Waals surface area contributed by atoms with Gasteiger partial charge in [-0.25, -0.2) is 0 Å². The molecule has 0 heterocycles. The number of rotatable bonds is 4. The third-order valence-electron chi connectivity index (χ3n) is 2.30. The van der Waals surface area contributed by atoms with E-state index in [2.05, 4.69) is 12.6 Å². The van der Waals surface area contributed by atoms with Crippen molar-refractivity contribution in [3.63, 3.8) is 0 Å². The second kappa shape index (κ2) is 6.28. The van der Waals surface area contributed by atoms with E-state index in [1.54, 1.807) is 19.1 Å². The van der Waals surface area contributed by atoms with E-state index in [1.165, 1.54) is 0 Å². The molecule has 0 aromatic heterocycles. The average Bonchev–Trinajstić information content (AvgIpc) is 2.29. The van der Waals surface area contributed by atoms with E-state index in [-0.39, 0.29) is 18.9 Å². The van der Waals surface area contributed by atoms with Crippen LogP contribution in [0.15, 0.2) is 17.0 Å². The van der Waals surface area contributed by atoms with Crippen LogP contribution in [-0.2, 0) is 22.5 Å². The van der Waals surface area contributed by atoms with E-state index in [0.717, 1.165) is 11.1 Å². The van der Waals surface area contributed by atoms with Gasteiger partial charge in [-0.15, -0.1) is 12.6 Å². The van der Waals surface area contributed by atoms with Crippen LogP contribution < -0.4 is 5.73 Å². The lowest BCUT2D eigenvalue weighted by molar-refractivity contribution is -0.142. The third kappa shape index (κ3) is 3.48. The van der Waals surface area contributed by atoms with Crippen molar-refractivity contribution in [2.75, 3.05) is 6.61 Å². The van der Waals surface area contributed by atoms with Gasteiger partial charge in [-0.3, -0.25) is 4.79 Å². The van der Waals surface area contributed by atoms with Gasteiger partial charge >= 0.3 is 5.97 Å². The van der Waals surface area contributed by atoms with Gasteiger partial charge in [0.1, 0.15) is 6.07 Å². The van der Waals surface area contributed by atoms with Crippen molar-refractivity contribution in [1.29, 1.82) is 5.26 Å². The quantitative estimate of drug-likeness (QED) is 0.626. The predicted octanol–water partition coefficient (Wildman–Crippen LogP) is 1.41. The summed E-state index contributed by atoms with van der Waals surface area (Å²) in [5, 5.41) is 8.86. The van der Waals surface area contributed by atoms with E-state index in [4.69, 9.17) is 15.7 Å². The standard InChI is InChI=1S/C12H14N2O2S/c1-2-16-12(15)5-8-4-11(17)10(7-14)3-9(8)6-13/h3-4,17H,2,5-6,13H2,1H3. The summed E-state index contributed by atoms with van der Waals surface area (Å²) in [5.41, 5.74) is 7.58. The zero-order chi connectivity index (χ0) is 12.8. The van der Waals surface area contributed by atoms with Gasteiger partial charge in [-0.05, 0) is 30.2 Å². The fourth-order valence-electron chi connectivity index (χ4n) is 1.49. The van der Waals surface area contributed by atoms with Gasteiger partial charge in [-0.2, -0.15) is 5.26 Å². The number of nitriles is 1. The zero-order valence-corrected chi connectivity index (χ0v) is 10.5. The maximum atomic E-state index is 11.4. The lowest BCUT2D eigenvalue weighted by Gasteiger charge is -2.09. The molecule has 5 heteroatoms. The lowest BCUT2D eigenvalue weighted by Crippen LogP contribution is -2.11. The van der Waals surface area contributed by atoms with Crippen molar-refractivity contribution >= 4 is 18.6 Å². The minimum absolute atomic E-state index is 0.152. The highest BCUT2D eigenvalue weighted by atomic mass is 32.1. The van der Waals surface area contributed by atoms with Crippen molar-refractivity contribution < 1.29 is 9.53 Å². The summed E-state index contributed by atoms with van der Waals surface area (Å²) in [4.78, 5) is 11.9. The molecule has 0 aliphatic carbocycles. The molecule has 0 saturated carbocycles. The Labute approximate surface area is 106 Å². The molecule has 0 spiro atoms.